The molecule has 0 N–H and O–H groups in total. The minimum atomic E-state index is -3.28. The highest BCUT2D eigenvalue weighted by molar-refractivity contribution is 9.11. The summed E-state index contributed by atoms with van der Waals surface area (Å²) in [6.45, 7) is 0.408. The summed E-state index contributed by atoms with van der Waals surface area (Å²) in [5.74, 6) is 0.0386. The Balaban J connectivity index is 2.07. The molecule has 0 atom stereocenters. The highest BCUT2D eigenvalue weighted by Gasteiger charge is 2.19. The van der Waals surface area contributed by atoms with Crippen LogP contribution in [0.4, 0.5) is 0 Å². The van der Waals surface area contributed by atoms with Crippen molar-refractivity contribution in [2.75, 3.05) is 7.05 Å². The third-order valence-electron chi connectivity index (χ3n) is 2.67. The van der Waals surface area contributed by atoms with E-state index in [0.717, 1.165) is 14.2 Å². The fourth-order valence-electron chi connectivity index (χ4n) is 1.65. The molecule has 19 heavy (non-hydrogen) atoms. The molecule has 1 aromatic heterocycles. The molecular formula is C13H14BrNO2S2. The summed E-state index contributed by atoms with van der Waals surface area (Å²) < 4.78 is 26.9. The molecule has 0 aliphatic rings. The quantitative estimate of drug-likeness (QED) is 0.819. The zero-order valence-electron chi connectivity index (χ0n) is 10.4. The maximum absolute atomic E-state index is 12.2. The number of nitrogens with zero attached hydrogens (tertiary/aromatic N) is 1. The summed E-state index contributed by atoms with van der Waals surface area (Å²) in [6.07, 6.45) is 0. The van der Waals surface area contributed by atoms with Gasteiger partial charge in [0.15, 0.2) is 0 Å². The lowest BCUT2D eigenvalue weighted by Gasteiger charge is -2.16. The molecule has 0 aliphatic heterocycles. The van der Waals surface area contributed by atoms with Crippen LogP contribution in [0.15, 0.2) is 46.3 Å². The first-order chi connectivity index (χ1) is 8.97. The van der Waals surface area contributed by atoms with Gasteiger partial charge >= 0.3 is 0 Å². The monoisotopic (exact) mass is 359 g/mol. The predicted molar refractivity (Wildman–Crippen MR) is 82.6 cm³/mol. The van der Waals surface area contributed by atoms with E-state index in [-0.39, 0.29) is 5.75 Å². The molecule has 1 heterocycles. The molecule has 0 spiro atoms. The summed E-state index contributed by atoms with van der Waals surface area (Å²) >= 11 is 4.93. The van der Waals surface area contributed by atoms with Gasteiger partial charge in [-0.3, -0.25) is 0 Å². The van der Waals surface area contributed by atoms with Crippen molar-refractivity contribution in [2.45, 2.75) is 12.3 Å². The van der Waals surface area contributed by atoms with E-state index in [2.05, 4.69) is 15.9 Å². The molecule has 2 aromatic rings. The Morgan fingerprint density at radius 1 is 1.16 bits per heavy atom. The van der Waals surface area contributed by atoms with Gasteiger partial charge in [-0.25, -0.2) is 8.42 Å². The lowest BCUT2D eigenvalue weighted by atomic mass is 10.2. The van der Waals surface area contributed by atoms with Crippen LogP contribution in [-0.2, 0) is 22.3 Å². The molecule has 0 bridgehead atoms. The fraction of sp³-hybridized carbons (Fsp3) is 0.231. The third kappa shape index (κ3) is 4.14. The van der Waals surface area contributed by atoms with Crippen molar-refractivity contribution < 1.29 is 8.42 Å². The highest BCUT2D eigenvalue weighted by Crippen LogP contribution is 2.24. The lowest BCUT2D eigenvalue weighted by Crippen LogP contribution is -2.27. The number of rotatable bonds is 5. The van der Waals surface area contributed by atoms with Crippen LogP contribution in [-0.4, -0.2) is 19.8 Å². The van der Waals surface area contributed by atoms with Gasteiger partial charge in [0.25, 0.3) is 0 Å². The van der Waals surface area contributed by atoms with E-state index in [1.807, 2.05) is 42.5 Å². The number of sulfonamides is 1. The van der Waals surface area contributed by atoms with Crippen LogP contribution in [0, 0.1) is 0 Å². The zero-order chi connectivity index (χ0) is 13.9. The second kappa shape index (κ2) is 6.17. The first kappa shape index (κ1) is 14.7. The summed E-state index contributed by atoms with van der Waals surface area (Å²) in [7, 11) is -1.66. The van der Waals surface area contributed by atoms with Gasteiger partial charge in [-0.1, -0.05) is 30.3 Å². The zero-order valence-corrected chi connectivity index (χ0v) is 13.6. The number of benzene rings is 1. The first-order valence-electron chi connectivity index (χ1n) is 5.69. The van der Waals surface area contributed by atoms with Gasteiger partial charge in [0.1, 0.15) is 0 Å². The van der Waals surface area contributed by atoms with Crippen molar-refractivity contribution in [3.63, 3.8) is 0 Å². The second-order valence-corrected chi connectivity index (χ2v) is 8.83. The van der Waals surface area contributed by atoms with E-state index in [1.54, 1.807) is 18.4 Å². The second-order valence-electron chi connectivity index (χ2n) is 4.20. The van der Waals surface area contributed by atoms with E-state index in [9.17, 15) is 8.42 Å². The highest BCUT2D eigenvalue weighted by atomic mass is 79.9. The number of thiophene rings is 1. The molecule has 1 aromatic carbocycles. The van der Waals surface area contributed by atoms with Crippen LogP contribution in [0.25, 0.3) is 0 Å². The van der Waals surface area contributed by atoms with Gasteiger partial charge in [-0.05, 0) is 33.6 Å². The average Bonchev–Trinajstić information content (AvgIpc) is 2.75. The molecule has 3 nitrogen and oxygen atoms in total. The maximum Gasteiger partial charge on any atom is 0.218 e. The standard InChI is InChI=1S/C13H14BrNO2S2/c1-15(9-12-7-8-13(14)18-12)19(16,17)10-11-5-3-2-4-6-11/h2-8H,9-10H2,1H3. The minimum absolute atomic E-state index is 0.0386. The smallest absolute Gasteiger partial charge is 0.212 e. The molecule has 0 saturated carbocycles. The number of hydrogen-bond donors (Lipinski definition) is 0. The Kier molecular flexibility index (Phi) is 4.78. The largest absolute Gasteiger partial charge is 0.218 e. The SMILES string of the molecule is CN(Cc1ccc(Br)s1)S(=O)(=O)Cc1ccccc1. The molecule has 2 rings (SSSR count). The van der Waals surface area contributed by atoms with Crippen LogP contribution in [0.1, 0.15) is 10.4 Å². The summed E-state index contributed by atoms with van der Waals surface area (Å²) in [5.41, 5.74) is 0.807. The Hall–Kier alpha value is -0.690. The normalized spacial score (nSPS) is 11.9. The van der Waals surface area contributed by atoms with Crippen LogP contribution >= 0.6 is 27.3 Å². The molecule has 102 valence electrons. The predicted octanol–water partition coefficient (Wildman–Crippen LogP) is 3.47. The van der Waals surface area contributed by atoms with Crippen LogP contribution in [0.3, 0.4) is 0 Å². The molecule has 0 fully saturated rings. The van der Waals surface area contributed by atoms with E-state index >= 15 is 0 Å². The molecule has 0 radical (unpaired) electrons. The van der Waals surface area contributed by atoms with Gasteiger partial charge in [0, 0.05) is 18.5 Å². The van der Waals surface area contributed by atoms with E-state index in [0.29, 0.717) is 6.54 Å². The van der Waals surface area contributed by atoms with E-state index in [4.69, 9.17) is 0 Å². The van der Waals surface area contributed by atoms with Crippen LogP contribution < -0.4 is 0 Å². The Morgan fingerprint density at radius 2 is 1.84 bits per heavy atom. The van der Waals surface area contributed by atoms with Crippen molar-refractivity contribution in [3.8, 4) is 0 Å². The van der Waals surface area contributed by atoms with Gasteiger partial charge < -0.3 is 0 Å². The molecule has 0 aliphatic carbocycles. The van der Waals surface area contributed by atoms with Crippen molar-refractivity contribution in [1.82, 2.24) is 4.31 Å². The number of halogens is 1. The van der Waals surface area contributed by atoms with Crippen molar-refractivity contribution in [2.24, 2.45) is 0 Å². The molecular weight excluding hydrogens is 346 g/mol. The van der Waals surface area contributed by atoms with Gasteiger partial charge in [-0.2, -0.15) is 4.31 Å². The molecule has 0 amide bonds. The molecule has 6 heteroatoms. The van der Waals surface area contributed by atoms with E-state index in [1.165, 1.54) is 4.31 Å². The third-order valence-corrected chi connectivity index (χ3v) is 6.06. The van der Waals surface area contributed by atoms with Gasteiger partial charge in [-0.15, -0.1) is 11.3 Å². The Labute approximate surface area is 126 Å². The fourth-order valence-corrected chi connectivity index (χ4v) is 4.44. The molecule has 0 unspecified atom stereocenters. The number of hydrogen-bond acceptors (Lipinski definition) is 3. The Bertz CT molecular complexity index is 638. The van der Waals surface area contributed by atoms with Crippen molar-refractivity contribution in [3.05, 3.63) is 56.7 Å². The lowest BCUT2D eigenvalue weighted by molar-refractivity contribution is 0.469. The first-order valence-corrected chi connectivity index (χ1v) is 8.91. The summed E-state index contributed by atoms with van der Waals surface area (Å²) in [6, 6.07) is 13.1. The average molecular weight is 360 g/mol. The van der Waals surface area contributed by atoms with E-state index < -0.39 is 10.0 Å². The Morgan fingerprint density at radius 3 is 2.42 bits per heavy atom. The summed E-state index contributed by atoms with van der Waals surface area (Å²) in [5, 5.41) is 0. The van der Waals surface area contributed by atoms with Crippen LogP contribution in [0.5, 0.6) is 0 Å². The van der Waals surface area contributed by atoms with Crippen molar-refractivity contribution in [1.29, 1.82) is 0 Å². The molecule has 0 saturated heterocycles. The van der Waals surface area contributed by atoms with Crippen molar-refractivity contribution >= 4 is 37.3 Å². The van der Waals surface area contributed by atoms with Gasteiger partial charge in [0.05, 0.1) is 9.54 Å². The maximum atomic E-state index is 12.2. The topological polar surface area (TPSA) is 37.4 Å². The minimum Gasteiger partial charge on any atom is -0.212 e. The van der Waals surface area contributed by atoms with Gasteiger partial charge in [0.2, 0.25) is 10.0 Å². The summed E-state index contributed by atoms with van der Waals surface area (Å²) in [4.78, 5) is 1.02. The van der Waals surface area contributed by atoms with Crippen LogP contribution in [0.2, 0.25) is 0 Å².